The molecule has 268 valence electrons. The van der Waals surface area contributed by atoms with E-state index >= 15 is 0 Å². The number of hydrogen-bond acceptors (Lipinski definition) is 10. The van der Waals surface area contributed by atoms with Crippen molar-refractivity contribution in [2.45, 2.75) is 0 Å². The highest BCUT2D eigenvalue weighted by molar-refractivity contribution is 6.08. The van der Waals surface area contributed by atoms with Crippen LogP contribution in [0.15, 0.2) is 159 Å². The lowest BCUT2D eigenvalue weighted by molar-refractivity contribution is 1.30. The molecule has 10 nitrogen and oxygen atoms in total. The van der Waals surface area contributed by atoms with Crippen molar-refractivity contribution in [1.29, 1.82) is 0 Å². The minimum atomic E-state index is 0.729. The van der Waals surface area contributed by atoms with Crippen molar-refractivity contribution in [3.8, 4) is 45.0 Å². The first-order valence-corrected chi connectivity index (χ1v) is 18.8. The van der Waals surface area contributed by atoms with Crippen LogP contribution in [-0.2, 0) is 0 Å². The highest BCUT2D eigenvalue weighted by atomic mass is 14.8. The molecule has 10 heterocycles. The van der Waals surface area contributed by atoms with Gasteiger partial charge in [0.15, 0.2) is 0 Å². The molecule has 0 saturated heterocycles. The van der Waals surface area contributed by atoms with E-state index in [0.717, 1.165) is 122 Å². The van der Waals surface area contributed by atoms with E-state index in [0.29, 0.717) is 0 Å². The molecule has 0 aliphatic carbocycles. The van der Waals surface area contributed by atoms with E-state index in [-0.39, 0.29) is 0 Å². The van der Waals surface area contributed by atoms with Crippen molar-refractivity contribution < 1.29 is 0 Å². The van der Waals surface area contributed by atoms with E-state index in [2.05, 4.69) is 68.5 Å². The molecule has 0 aliphatic heterocycles. The van der Waals surface area contributed by atoms with Crippen molar-refractivity contribution in [3.05, 3.63) is 159 Å². The second-order valence-electron chi connectivity index (χ2n) is 14.1. The van der Waals surface area contributed by atoms with Gasteiger partial charge in [-0.2, -0.15) is 0 Å². The Hall–Kier alpha value is -8.24. The Morgan fingerprint density at radius 3 is 0.879 bits per heavy atom. The Morgan fingerprint density at radius 2 is 0.517 bits per heavy atom. The standard InChI is InChI=1S/C48H26N10/c1-3-39-45(51-21-1)31(17-23-49-39)35-13-9-27-5-7-29-11-15-37(57-43(29)41(27)55-35)33-19-25-54-48-34(20-26-53-47(33)48)38-16-12-30-8-6-28-10-14-36(56-42(28)44(30)58-38)32-18-24-50-40-4-2-22-52-46(32)40/h1-26H. The molecule has 0 N–H and O–H groups in total. The molecule has 0 spiro atoms. The molecule has 12 aromatic rings. The normalized spacial score (nSPS) is 11.8. The van der Waals surface area contributed by atoms with Gasteiger partial charge in [-0.25, -0.2) is 19.9 Å². The summed E-state index contributed by atoms with van der Waals surface area (Å²) >= 11 is 0. The molecule has 0 saturated carbocycles. The second kappa shape index (κ2) is 12.7. The van der Waals surface area contributed by atoms with E-state index < -0.39 is 0 Å². The van der Waals surface area contributed by atoms with Gasteiger partial charge in [0.1, 0.15) is 0 Å². The summed E-state index contributed by atoms with van der Waals surface area (Å²) < 4.78 is 0. The topological polar surface area (TPSA) is 129 Å². The van der Waals surface area contributed by atoms with Gasteiger partial charge in [0.25, 0.3) is 0 Å². The summed E-state index contributed by atoms with van der Waals surface area (Å²) in [6, 6.07) is 40.4. The molecule has 0 unspecified atom stereocenters. The molecule has 0 atom stereocenters. The molecule has 0 bridgehead atoms. The van der Waals surface area contributed by atoms with Crippen LogP contribution in [0.25, 0.3) is 122 Å². The Balaban J connectivity index is 0.992. The summed E-state index contributed by atoms with van der Waals surface area (Å²) in [5.74, 6) is 0. The fourth-order valence-electron chi connectivity index (χ4n) is 7.97. The predicted octanol–water partition coefficient (Wildman–Crippen LogP) is 10.4. The van der Waals surface area contributed by atoms with Gasteiger partial charge in [-0.1, -0.05) is 48.5 Å². The van der Waals surface area contributed by atoms with Gasteiger partial charge in [0.05, 0.1) is 77.9 Å². The first-order valence-electron chi connectivity index (χ1n) is 18.8. The Labute approximate surface area is 329 Å². The average molecular weight is 743 g/mol. The average Bonchev–Trinajstić information content (AvgIpc) is 3.30. The SMILES string of the molecule is c1cnc2c(-c3ccc4ccc5ccc(-c6ccnc7c(-c8ccc9ccc%10ccc(-c%11ccnc%12cccnc%11%12)nc%10c9n8)ccnc67)nc5c4n3)ccnc2c1. The van der Waals surface area contributed by atoms with Crippen LogP contribution in [0.5, 0.6) is 0 Å². The maximum Gasteiger partial charge on any atom is 0.0987 e. The smallest absolute Gasteiger partial charge is 0.0987 e. The van der Waals surface area contributed by atoms with E-state index in [4.69, 9.17) is 29.9 Å². The summed E-state index contributed by atoms with van der Waals surface area (Å²) in [6.45, 7) is 0. The Kier molecular flexibility index (Phi) is 6.99. The van der Waals surface area contributed by atoms with Crippen LogP contribution in [0.4, 0.5) is 0 Å². The zero-order chi connectivity index (χ0) is 38.2. The lowest BCUT2D eigenvalue weighted by atomic mass is 10.0. The lowest BCUT2D eigenvalue weighted by Gasteiger charge is -2.12. The molecular weight excluding hydrogens is 717 g/mol. The molecule has 0 radical (unpaired) electrons. The third-order valence-electron chi connectivity index (χ3n) is 10.8. The first kappa shape index (κ1) is 32.0. The van der Waals surface area contributed by atoms with Gasteiger partial charge in [0.2, 0.25) is 0 Å². The van der Waals surface area contributed by atoms with Crippen molar-refractivity contribution in [1.82, 2.24) is 49.8 Å². The number of aromatic nitrogens is 10. The number of fused-ring (bicyclic) bond motifs is 9. The zero-order valence-corrected chi connectivity index (χ0v) is 30.5. The van der Waals surface area contributed by atoms with Crippen molar-refractivity contribution in [2.24, 2.45) is 0 Å². The number of hydrogen-bond donors (Lipinski definition) is 0. The number of pyridine rings is 10. The molecule has 12 rings (SSSR count). The summed E-state index contributed by atoms with van der Waals surface area (Å²) in [4.78, 5) is 48.9. The minimum Gasteiger partial charge on any atom is -0.255 e. The first-order chi connectivity index (χ1) is 28.7. The van der Waals surface area contributed by atoms with E-state index in [1.165, 1.54) is 0 Å². The van der Waals surface area contributed by atoms with Crippen LogP contribution < -0.4 is 0 Å². The predicted molar refractivity (Wildman–Crippen MR) is 229 cm³/mol. The van der Waals surface area contributed by atoms with Crippen LogP contribution in [-0.4, -0.2) is 49.8 Å². The summed E-state index contributed by atoms with van der Waals surface area (Å²) in [5, 5.41) is 3.97. The molecule has 0 amide bonds. The van der Waals surface area contributed by atoms with Crippen LogP contribution in [0.1, 0.15) is 0 Å². The monoisotopic (exact) mass is 742 g/mol. The molecule has 10 heteroatoms. The zero-order valence-electron chi connectivity index (χ0n) is 30.5. The minimum absolute atomic E-state index is 0.729. The Morgan fingerprint density at radius 1 is 0.224 bits per heavy atom. The van der Waals surface area contributed by atoms with Crippen LogP contribution in [0.3, 0.4) is 0 Å². The molecule has 10 aromatic heterocycles. The van der Waals surface area contributed by atoms with E-state index in [1.54, 1.807) is 24.8 Å². The van der Waals surface area contributed by atoms with Gasteiger partial charge < -0.3 is 0 Å². The fourth-order valence-corrected chi connectivity index (χ4v) is 7.97. The lowest BCUT2D eigenvalue weighted by Crippen LogP contribution is -1.96. The van der Waals surface area contributed by atoms with Crippen LogP contribution >= 0.6 is 0 Å². The highest BCUT2D eigenvalue weighted by Crippen LogP contribution is 2.36. The van der Waals surface area contributed by atoms with Gasteiger partial charge in [0, 0.05) is 81.0 Å². The third kappa shape index (κ3) is 5.05. The summed E-state index contributed by atoms with van der Waals surface area (Å²) in [5.41, 5.74) is 14.7. The Bertz CT molecular complexity index is 3410. The number of rotatable bonds is 4. The molecule has 58 heavy (non-hydrogen) atoms. The third-order valence-corrected chi connectivity index (χ3v) is 10.8. The van der Waals surface area contributed by atoms with Gasteiger partial charge in [-0.05, 0) is 72.8 Å². The molecule has 0 aliphatic rings. The van der Waals surface area contributed by atoms with Crippen molar-refractivity contribution >= 4 is 76.7 Å². The van der Waals surface area contributed by atoms with E-state index in [1.807, 2.05) is 85.2 Å². The summed E-state index contributed by atoms with van der Waals surface area (Å²) in [6.07, 6.45) is 10.8. The number of nitrogens with zero attached hydrogens (tertiary/aromatic N) is 10. The summed E-state index contributed by atoms with van der Waals surface area (Å²) in [7, 11) is 0. The molecule has 2 aromatic carbocycles. The highest BCUT2D eigenvalue weighted by Gasteiger charge is 2.17. The van der Waals surface area contributed by atoms with E-state index in [9.17, 15) is 0 Å². The second-order valence-corrected chi connectivity index (χ2v) is 14.1. The quantitative estimate of drug-likeness (QED) is 0.161. The van der Waals surface area contributed by atoms with Gasteiger partial charge in [-0.15, -0.1) is 0 Å². The van der Waals surface area contributed by atoms with Gasteiger partial charge in [-0.3, -0.25) is 29.9 Å². The molecular formula is C48H26N10. The van der Waals surface area contributed by atoms with Crippen LogP contribution in [0.2, 0.25) is 0 Å². The maximum atomic E-state index is 5.26. The largest absolute Gasteiger partial charge is 0.255 e. The fraction of sp³-hybridized carbons (Fsp3) is 0. The number of benzene rings is 2. The maximum absolute atomic E-state index is 5.26. The van der Waals surface area contributed by atoms with Crippen LogP contribution in [0, 0.1) is 0 Å². The molecule has 0 fully saturated rings. The van der Waals surface area contributed by atoms with Gasteiger partial charge >= 0.3 is 0 Å². The van der Waals surface area contributed by atoms with Crippen molar-refractivity contribution in [2.75, 3.05) is 0 Å². The van der Waals surface area contributed by atoms with Crippen molar-refractivity contribution in [3.63, 3.8) is 0 Å².